The summed E-state index contributed by atoms with van der Waals surface area (Å²) in [6.07, 6.45) is 2.84. The van der Waals surface area contributed by atoms with E-state index in [1.54, 1.807) is 0 Å². The Balaban J connectivity index is 2.41. The van der Waals surface area contributed by atoms with E-state index in [1.165, 1.54) is 37.0 Å². The Morgan fingerprint density at radius 2 is 2.10 bits per heavy atom. The second kappa shape index (κ2) is 2.91. The molecule has 0 bridgehead atoms. The van der Waals surface area contributed by atoms with Crippen LogP contribution in [0.5, 0.6) is 0 Å². The number of hydrogen-bond donors (Lipinski definition) is 0. The van der Waals surface area contributed by atoms with E-state index in [0.29, 0.717) is 0 Å². The first-order chi connectivity index (χ1) is 4.70. The van der Waals surface area contributed by atoms with Crippen molar-refractivity contribution in [3.63, 3.8) is 0 Å². The van der Waals surface area contributed by atoms with Crippen LogP contribution in [0.2, 0.25) is 0 Å². The first kappa shape index (κ1) is 8.06. The largest absolute Gasteiger partial charge is 0.326 e. The van der Waals surface area contributed by atoms with Gasteiger partial charge >= 0.3 is 0 Å². The van der Waals surface area contributed by atoms with Crippen LogP contribution in [0, 0.1) is 5.92 Å². The van der Waals surface area contributed by atoms with Crippen molar-refractivity contribution in [3.05, 3.63) is 0 Å². The first-order valence-electron chi connectivity index (χ1n) is 4.53. The van der Waals surface area contributed by atoms with Crippen molar-refractivity contribution in [1.82, 2.24) is 0 Å². The molecule has 1 fully saturated rings. The molecule has 0 N–H and O–H groups in total. The molecule has 1 nitrogen and oxygen atoms in total. The zero-order chi connectivity index (χ0) is 7.61. The summed E-state index contributed by atoms with van der Waals surface area (Å²) < 4.78 is 1.32. The molecule has 2 atom stereocenters. The summed E-state index contributed by atoms with van der Waals surface area (Å²) in [5, 5.41) is 0. The van der Waals surface area contributed by atoms with Gasteiger partial charge in [-0.05, 0) is 13.3 Å². The average Bonchev–Trinajstić information content (AvgIpc) is 2.33. The topological polar surface area (TPSA) is 0 Å². The van der Waals surface area contributed by atoms with E-state index < -0.39 is 0 Å². The molecule has 60 valence electrons. The molecule has 0 aromatic carbocycles. The molecule has 1 rings (SSSR count). The predicted molar refractivity (Wildman–Crippen MR) is 44.9 cm³/mol. The van der Waals surface area contributed by atoms with Crippen LogP contribution in [0.15, 0.2) is 0 Å². The quantitative estimate of drug-likeness (QED) is 0.516. The van der Waals surface area contributed by atoms with Crippen molar-refractivity contribution in [2.75, 3.05) is 26.7 Å². The molecule has 0 spiro atoms. The minimum Gasteiger partial charge on any atom is -0.326 e. The number of rotatable bonds is 2. The summed E-state index contributed by atoms with van der Waals surface area (Å²) in [7, 11) is 2.38. The first-order valence-corrected chi connectivity index (χ1v) is 4.53. The number of quaternary nitrogens is 1. The highest BCUT2D eigenvalue weighted by atomic mass is 15.3. The maximum atomic E-state index is 2.38. The molecule has 2 unspecified atom stereocenters. The summed E-state index contributed by atoms with van der Waals surface area (Å²) in [4.78, 5) is 0. The Morgan fingerprint density at radius 3 is 2.40 bits per heavy atom. The lowest BCUT2D eigenvalue weighted by atomic mass is 10.1. The van der Waals surface area contributed by atoms with E-state index in [1.807, 2.05) is 0 Å². The molecule has 1 aliphatic heterocycles. The molecule has 0 aromatic rings. The molecule has 1 heteroatoms. The van der Waals surface area contributed by atoms with Crippen molar-refractivity contribution in [2.45, 2.75) is 26.7 Å². The van der Waals surface area contributed by atoms with Gasteiger partial charge in [-0.3, -0.25) is 0 Å². The van der Waals surface area contributed by atoms with Gasteiger partial charge in [0.15, 0.2) is 0 Å². The molecular weight excluding hydrogens is 122 g/mol. The number of likely N-dealkylation sites (tertiary alicyclic amines) is 1. The zero-order valence-corrected chi connectivity index (χ0v) is 7.56. The predicted octanol–water partition coefficient (Wildman–Crippen LogP) is 1.88. The van der Waals surface area contributed by atoms with Gasteiger partial charge in [0.25, 0.3) is 0 Å². The van der Waals surface area contributed by atoms with E-state index in [0.717, 1.165) is 5.92 Å². The van der Waals surface area contributed by atoms with Crippen molar-refractivity contribution < 1.29 is 4.48 Å². The van der Waals surface area contributed by atoms with Crippen LogP contribution in [-0.2, 0) is 0 Å². The van der Waals surface area contributed by atoms with Crippen molar-refractivity contribution in [3.8, 4) is 0 Å². The molecule has 0 saturated carbocycles. The summed E-state index contributed by atoms with van der Waals surface area (Å²) in [6.45, 7) is 8.77. The Labute approximate surface area is 64.6 Å². The van der Waals surface area contributed by atoms with Gasteiger partial charge in [0.1, 0.15) is 0 Å². The zero-order valence-electron chi connectivity index (χ0n) is 7.56. The highest BCUT2D eigenvalue weighted by Crippen LogP contribution is 2.23. The van der Waals surface area contributed by atoms with Gasteiger partial charge in [0.05, 0.1) is 26.7 Å². The molecule has 10 heavy (non-hydrogen) atoms. The molecular formula is C9H20N+. The summed E-state index contributed by atoms with van der Waals surface area (Å²) in [6, 6.07) is 0. The van der Waals surface area contributed by atoms with Crippen LogP contribution < -0.4 is 0 Å². The molecule has 0 amide bonds. The van der Waals surface area contributed by atoms with Gasteiger partial charge in [-0.25, -0.2) is 0 Å². The third-order valence-electron chi connectivity index (χ3n) is 3.12. The Morgan fingerprint density at radius 1 is 1.40 bits per heavy atom. The maximum Gasteiger partial charge on any atom is 0.0815 e. The van der Waals surface area contributed by atoms with Gasteiger partial charge in [0, 0.05) is 12.3 Å². The van der Waals surface area contributed by atoms with Gasteiger partial charge in [-0.2, -0.15) is 0 Å². The van der Waals surface area contributed by atoms with E-state index in [-0.39, 0.29) is 0 Å². The lowest BCUT2D eigenvalue weighted by molar-refractivity contribution is -0.897. The fraction of sp³-hybridized carbons (Fsp3) is 1.00. The second-order valence-electron chi connectivity index (χ2n) is 3.90. The van der Waals surface area contributed by atoms with Gasteiger partial charge in [0.2, 0.25) is 0 Å². The Hall–Kier alpha value is -0.0400. The average molecular weight is 142 g/mol. The molecule has 1 heterocycles. The van der Waals surface area contributed by atoms with Crippen molar-refractivity contribution >= 4 is 0 Å². The molecule has 0 aliphatic carbocycles. The molecule has 0 aromatic heterocycles. The fourth-order valence-corrected chi connectivity index (χ4v) is 1.92. The van der Waals surface area contributed by atoms with Crippen LogP contribution >= 0.6 is 0 Å². The van der Waals surface area contributed by atoms with Gasteiger partial charge in [-0.15, -0.1) is 0 Å². The SMILES string of the molecule is CCC1CC[N+](C)(CC)C1. The Bertz CT molecular complexity index is 111. The van der Waals surface area contributed by atoms with E-state index >= 15 is 0 Å². The summed E-state index contributed by atoms with van der Waals surface area (Å²) >= 11 is 0. The monoisotopic (exact) mass is 142 g/mol. The van der Waals surface area contributed by atoms with Crippen LogP contribution in [0.3, 0.4) is 0 Å². The van der Waals surface area contributed by atoms with E-state index in [2.05, 4.69) is 20.9 Å². The number of hydrogen-bond acceptors (Lipinski definition) is 0. The summed E-state index contributed by atoms with van der Waals surface area (Å²) in [5.41, 5.74) is 0. The lowest BCUT2D eigenvalue weighted by Gasteiger charge is -2.27. The standard InChI is InChI=1S/C9H20N/c1-4-9-6-7-10(3,5-2)8-9/h9H,4-8H2,1-3H3/q+1. The van der Waals surface area contributed by atoms with Crippen LogP contribution in [0.4, 0.5) is 0 Å². The normalized spacial score (nSPS) is 40.5. The fourth-order valence-electron chi connectivity index (χ4n) is 1.92. The third-order valence-corrected chi connectivity index (χ3v) is 3.12. The van der Waals surface area contributed by atoms with Crippen LogP contribution in [0.25, 0.3) is 0 Å². The van der Waals surface area contributed by atoms with Gasteiger partial charge < -0.3 is 4.48 Å². The maximum absolute atomic E-state index is 2.38. The van der Waals surface area contributed by atoms with Crippen molar-refractivity contribution in [2.24, 2.45) is 5.92 Å². The van der Waals surface area contributed by atoms with E-state index in [9.17, 15) is 0 Å². The summed E-state index contributed by atoms with van der Waals surface area (Å²) in [5.74, 6) is 1.02. The molecule has 1 saturated heterocycles. The van der Waals surface area contributed by atoms with Crippen LogP contribution in [0.1, 0.15) is 26.7 Å². The third kappa shape index (κ3) is 1.51. The minimum absolute atomic E-state index is 1.02. The smallest absolute Gasteiger partial charge is 0.0815 e. The lowest BCUT2D eigenvalue weighted by Crippen LogP contribution is -2.41. The minimum atomic E-state index is 1.02. The highest BCUT2D eigenvalue weighted by molar-refractivity contribution is 4.63. The highest BCUT2D eigenvalue weighted by Gasteiger charge is 2.31. The van der Waals surface area contributed by atoms with Gasteiger partial charge in [-0.1, -0.05) is 6.92 Å². The van der Waals surface area contributed by atoms with Crippen molar-refractivity contribution in [1.29, 1.82) is 0 Å². The number of nitrogens with zero attached hydrogens (tertiary/aromatic N) is 1. The molecule has 0 radical (unpaired) electrons. The Kier molecular flexibility index (Phi) is 2.35. The van der Waals surface area contributed by atoms with Crippen LogP contribution in [-0.4, -0.2) is 31.2 Å². The van der Waals surface area contributed by atoms with E-state index in [4.69, 9.17) is 0 Å². The molecule has 1 aliphatic rings. The second-order valence-corrected chi connectivity index (χ2v) is 3.90.